The molecular weight excluding hydrogens is 248 g/mol. The number of carbonyl (C=O) groups excluding carboxylic acids is 1. The highest BCUT2D eigenvalue weighted by Crippen LogP contribution is 2.26. The maximum absolute atomic E-state index is 11.8. The van der Waals surface area contributed by atoms with Crippen LogP contribution in [0.25, 0.3) is 0 Å². The largest absolute Gasteiger partial charge is 0.399 e. The monoisotopic (exact) mass is 268 g/mol. The Labute approximate surface area is 115 Å². The van der Waals surface area contributed by atoms with Gasteiger partial charge in [-0.05, 0) is 36.6 Å². The van der Waals surface area contributed by atoms with Gasteiger partial charge in [-0.2, -0.15) is 0 Å². The van der Waals surface area contributed by atoms with Crippen LogP contribution in [0.1, 0.15) is 42.5 Å². The first-order chi connectivity index (χ1) is 8.25. The Balaban J connectivity index is 0.00000162. The minimum absolute atomic E-state index is 0. The van der Waals surface area contributed by atoms with Gasteiger partial charge in [0.05, 0.1) is 0 Å². The minimum atomic E-state index is 0. The summed E-state index contributed by atoms with van der Waals surface area (Å²) in [6, 6.07) is 7.04. The molecule has 1 aliphatic carbocycles. The van der Waals surface area contributed by atoms with Crippen molar-refractivity contribution in [3.05, 3.63) is 29.8 Å². The topological polar surface area (TPSA) is 55.1 Å². The summed E-state index contributed by atoms with van der Waals surface area (Å²) in [6.07, 6.45) is 6.49. The van der Waals surface area contributed by atoms with E-state index in [-0.39, 0.29) is 18.3 Å². The summed E-state index contributed by atoms with van der Waals surface area (Å²) in [5, 5.41) is 2.97. The van der Waals surface area contributed by atoms with E-state index in [4.69, 9.17) is 5.73 Å². The summed E-state index contributed by atoms with van der Waals surface area (Å²) >= 11 is 0. The number of amides is 1. The fraction of sp³-hybridized carbons (Fsp3) is 0.500. The van der Waals surface area contributed by atoms with Gasteiger partial charge in [-0.15, -0.1) is 12.4 Å². The predicted molar refractivity (Wildman–Crippen MR) is 77.0 cm³/mol. The number of nitrogen functional groups attached to an aromatic ring is 1. The average molecular weight is 269 g/mol. The summed E-state index contributed by atoms with van der Waals surface area (Å²) in [5.41, 5.74) is 6.95. The predicted octanol–water partition coefficient (Wildman–Crippen LogP) is 3.00. The number of anilines is 1. The van der Waals surface area contributed by atoms with Crippen molar-refractivity contribution in [2.45, 2.75) is 32.1 Å². The van der Waals surface area contributed by atoms with Gasteiger partial charge in [0, 0.05) is 17.8 Å². The van der Waals surface area contributed by atoms with E-state index in [1.165, 1.54) is 25.7 Å². The zero-order chi connectivity index (χ0) is 12.1. The van der Waals surface area contributed by atoms with Crippen molar-refractivity contribution in [3.63, 3.8) is 0 Å². The van der Waals surface area contributed by atoms with E-state index < -0.39 is 0 Å². The third kappa shape index (κ3) is 4.22. The van der Waals surface area contributed by atoms with Crippen molar-refractivity contribution >= 4 is 24.0 Å². The molecule has 0 radical (unpaired) electrons. The van der Waals surface area contributed by atoms with Crippen molar-refractivity contribution < 1.29 is 4.79 Å². The Morgan fingerprint density at radius 1 is 1.22 bits per heavy atom. The molecule has 1 aliphatic rings. The molecule has 0 unspecified atom stereocenters. The molecule has 0 saturated heterocycles. The lowest BCUT2D eigenvalue weighted by atomic mass is 10.0. The average Bonchev–Trinajstić information content (AvgIpc) is 2.83. The number of nitrogens with two attached hydrogens (primary N) is 1. The molecule has 1 aromatic carbocycles. The molecule has 1 saturated carbocycles. The molecule has 4 heteroatoms. The second kappa shape index (κ2) is 7.27. The van der Waals surface area contributed by atoms with Crippen LogP contribution in [0, 0.1) is 5.92 Å². The lowest BCUT2D eigenvalue weighted by Crippen LogP contribution is -2.25. The molecule has 3 nitrogen and oxygen atoms in total. The minimum Gasteiger partial charge on any atom is -0.399 e. The Bertz CT molecular complexity index is 372. The number of halogens is 1. The zero-order valence-electron chi connectivity index (χ0n) is 10.5. The Hall–Kier alpha value is -1.22. The summed E-state index contributed by atoms with van der Waals surface area (Å²) in [5.74, 6) is 0.824. The molecule has 0 bridgehead atoms. The summed E-state index contributed by atoms with van der Waals surface area (Å²) in [4.78, 5) is 11.8. The molecule has 3 N–H and O–H groups in total. The van der Waals surface area contributed by atoms with Gasteiger partial charge in [-0.3, -0.25) is 4.79 Å². The number of hydrogen-bond donors (Lipinski definition) is 2. The van der Waals surface area contributed by atoms with E-state index in [1.807, 2.05) is 0 Å². The normalized spacial score (nSPS) is 15.1. The van der Waals surface area contributed by atoms with E-state index in [1.54, 1.807) is 24.3 Å². The lowest BCUT2D eigenvalue weighted by Gasteiger charge is -2.09. The SMILES string of the molecule is Cl.Nc1ccc(C(=O)NCCC2CCCC2)cc1. The lowest BCUT2D eigenvalue weighted by molar-refractivity contribution is 0.0951. The fourth-order valence-electron chi connectivity index (χ4n) is 2.43. The number of hydrogen-bond acceptors (Lipinski definition) is 2. The molecule has 100 valence electrons. The maximum atomic E-state index is 11.8. The number of rotatable bonds is 4. The highest BCUT2D eigenvalue weighted by atomic mass is 35.5. The van der Waals surface area contributed by atoms with Crippen LogP contribution < -0.4 is 11.1 Å². The summed E-state index contributed by atoms with van der Waals surface area (Å²) in [7, 11) is 0. The molecule has 0 spiro atoms. The molecule has 1 aromatic rings. The molecule has 0 atom stereocenters. The second-order valence-corrected chi connectivity index (χ2v) is 4.82. The van der Waals surface area contributed by atoms with Crippen molar-refractivity contribution in [1.82, 2.24) is 5.32 Å². The standard InChI is InChI=1S/C14H20N2O.ClH/c15-13-7-5-12(6-8-13)14(17)16-10-9-11-3-1-2-4-11;/h5-8,11H,1-4,9-10,15H2,(H,16,17);1H. The zero-order valence-corrected chi connectivity index (χ0v) is 11.3. The molecule has 2 rings (SSSR count). The highest BCUT2D eigenvalue weighted by Gasteiger charge is 2.14. The van der Waals surface area contributed by atoms with Gasteiger partial charge >= 0.3 is 0 Å². The Morgan fingerprint density at radius 2 is 1.83 bits per heavy atom. The third-order valence-electron chi connectivity index (χ3n) is 3.49. The van der Waals surface area contributed by atoms with E-state index in [0.29, 0.717) is 11.3 Å². The van der Waals surface area contributed by atoms with Gasteiger partial charge in [-0.1, -0.05) is 25.7 Å². The van der Waals surface area contributed by atoms with Crippen LogP contribution in [-0.4, -0.2) is 12.5 Å². The van der Waals surface area contributed by atoms with Crippen LogP contribution >= 0.6 is 12.4 Å². The Kier molecular flexibility index (Phi) is 5.99. The molecule has 0 heterocycles. The molecule has 1 fully saturated rings. The van der Waals surface area contributed by atoms with Gasteiger partial charge in [-0.25, -0.2) is 0 Å². The van der Waals surface area contributed by atoms with E-state index in [9.17, 15) is 4.79 Å². The van der Waals surface area contributed by atoms with Crippen LogP contribution in [-0.2, 0) is 0 Å². The number of carbonyl (C=O) groups is 1. The maximum Gasteiger partial charge on any atom is 0.251 e. The van der Waals surface area contributed by atoms with E-state index in [0.717, 1.165) is 18.9 Å². The molecule has 1 amide bonds. The first-order valence-corrected chi connectivity index (χ1v) is 6.39. The molecular formula is C14H21ClN2O. The number of nitrogens with one attached hydrogen (secondary N) is 1. The van der Waals surface area contributed by atoms with Gasteiger partial charge in [0.15, 0.2) is 0 Å². The molecule has 0 aliphatic heterocycles. The second-order valence-electron chi connectivity index (χ2n) is 4.82. The van der Waals surface area contributed by atoms with E-state index >= 15 is 0 Å². The van der Waals surface area contributed by atoms with Gasteiger partial charge in [0.1, 0.15) is 0 Å². The van der Waals surface area contributed by atoms with Crippen molar-refractivity contribution in [1.29, 1.82) is 0 Å². The van der Waals surface area contributed by atoms with Crippen molar-refractivity contribution in [3.8, 4) is 0 Å². The first-order valence-electron chi connectivity index (χ1n) is 6.39. The quantitative estimate of drug-likeness (QED) is 0.825. The van der Waals surface area contributed by atoms with Crippen LogP contribution in [0.5, 0.6) is 0 Å². The van der Waals surface area contributed by atoms with Crippen LogP contribution in [0.15, 0.2) is 24.3 Å². The van der Waals surface area contributed by atoms with Crippen molar-refractivity contribution in [2.24, 2.45) is 5.92 Å². The van der Waals surface area contributed by atoms with Crippen molar-refractivity contribution in [2.75, 3.05) is 12.3 Å². The fourth-order valence-corrected chi connectivity index (χ4v) is 2.43. The van der Waals surface area contributed by atoms with E-state index in [2.05, 4.69) is 5.32 Å². The summed E-state index contributed by atoms with van der Waals surface area (Å²) in [6.45, 7) is 0.786. The third-order valence-corrected chi connectivity index (χ3v) is 3.49. The molecule has 0 aromatic heterocycles. The van der Waals surface area contributed by atoms with Gasteiger partial charge in [0.2, 0.25) is 0 Å². The summed E-state index contributed by atoms with van der Waals surface area (Å²) < 4.78 is 0. The van der Waals surface area contributed by atoms with Crippen LogP contribution in [0.4, 0.5) is 5.69 Å². The Morgan fingerprint density at radius 3 is 2.44 bits per heavy atom. The van der Waals surface area contributed by atoms with Crippen LogP contribution in [0.2, 0.25) is 0 Å². The van der Waals surface area contributed by atoms with Crippen LogP contribution in [0.3, 0.4) is 0 Å². The number of benzene rings is 1. The van der Waals surface area contributed by atoms with Gasteiger partial charge < -0.3 is 11.1 Å². The van der Waals surface area contributed by atoms with Gasteiger partial charge in [0.25, 0.3) is 5.91 Å². The first kappa shape index (κ1) is 14.8. The molecule has 18 heavy (non-hydrogen) atoms. The smallest absolute Gasteiger partial charge is 0.251 e. The highest BCUT2D eigenvalue weighted by molar-refractivity contribution is 5.94.